The molecule has 0 spiro atoms. The quantitative estimate of drug-likeness (QED) is 0.544. The molecule has 2 N–H and O–H groups in total. The molecule has 0 bridgehead atoms. The predicted octanol–water partition coefficient (Wildman–Crippen LogP) is 3.02. The molecule has 1 atom stereocenters. The second kappa shape index (κ2) is 8.30. The minimum Gasteiger partial charge on any atom is -0.384 e. The van der Waals surface area contributed by atoms with Crippen LogP contribution in [-0.4, -0.2) is 37.6 Å². The third-order valence-electron chi connectivity index (χ3n) is 3.99. The first kappa shape index (κ1) is 17.0. The lowest BCUT2D eigenvalue weighted by Crippen LogP contribution is -2.37. The first-order valence-corrected chi connectivity index (χ1v) is 8.37. The van der Waals surface area contributed by atoms with Crippen molar-refractivity contribution < 1.29 is 9.53 Å². The van der Waals surface area contributed by atoms with Crippen molar-refractivity contribution in [2.45, 2.75) is 52.2 Å². The largest absolute Gasteiger partial charge is 0.384 e. The molecule has 4 heteroatoms. The Hall–Kier alpha value is -1.39. The summed E-state index contributed by atoms with van der Waals surface area (Å²) in [7, 11) is 0. The number of benzene rings is 1. The van der Waals surface area contributed by atoms with E-state index in [1.54, 1.807) is 0 Å². The molecule has 0 saturated carbocycles. The van der Waals surface area contributed by atoms with Crippen molar-refractivity contribution in [3.8, 4) is 0 Å². The summed E-state index contributed by atoms with van der Waals surface area (Å²) in [5, 5.41) is 6.69. The summed E-state index contributed by atoms with van der Waals surface area (Å²) in [5.41, 5.74) is 3.25. The van der Waals surface area contributed by atoms with E-state index in [2.05, 4.69) is 17.6 Å². The monoisotopic (exact) mass is 304 g/mol. The molecule has 122 valence electrons. The Kier molecular flexibility index (Phi) is 6.40. The Morgan fingerprint density at radius 2 is 2.23 bits per heavy atom. The van der Waals surface area contributed by atoms with Gasteiger partial charge < -0.3 is 15.4 Å². The van der Waals surface area contributed by atoms with Gasteiger partial charge in [-0.2, -0.15) is 0 Å². The molecule has 2 rings (SSSR count). The third kappa shape index (κ3) is 4.55. The van der Waals surface area contributed by atoms with Gasteiger partial charge in [0.15, 0.2) is 5.78 Å². The standard InChI is InChI=1S/C18H28N2O2/c1-4-16(19-9-5-11-22-13(2)3)18(21)15-6-7-17-14(12-15)8-10-20-17/h6-7,12-13,16,19-20H,4-5,8-11H2,1-3H3. The van der Waals surface area contributed by atoms with Crippen LogP contribution in [0.25, 0.3) is 0 Å². The zero-order valence-corrected chi connectivity index (χ0v) is 13.9. The molecule has 1 aliphatic rings. The first-order chi connectivity index (χ1) is 10.6. The van der Waals surface area contributed by atoms with Gasteiger partial charge in [-0.15, -0.1) is 0 Å². The highest BCUT2D eigenvalue weighted by atomic mass is 16.5. The lowest BCUT2D eigenvalue weighted by atomic mass is 9.99. The molecule has 0 amide bonds. The number of carbonyl (C=O) groups excluding carboxylic acids is 1. The van der Waals surface area contributed by atoms with E-state index >= 15 is 0 Å². The van der Waals surface area contributed by atoms with Crippen LogP contribution in [0.1, 0.15) is 49.5 Å². The number of hydrogen-bond acceptors (Lipinski definition) is 4. The Morgan fingerprint density at radius 3 is 2.95 bits per heavy atom. The molecule has 1 aliphatic heterocycles. The fraction of sp³-hybridized carbons (Fsp3) is 0.611. The van der Waals surface area contributed by atoms with E-state index in [1.165, 1.54) is 11.3 Å². The van der Waals surface area contributed by atoms with Crippen molar-refractivity contribution in [1.29, 1.82) is 0 Å². The molecule has 0 aromatic heterocycles. The number of hydrogen-bond donors (Lipinski definition) is 2. The van der Waals surface area contributed by atoms with Gasteiger partial charge >= 0.3 is 0 Å². The maximum atomic E-state index is 12.6. The molecule has 4 nitrogen and oxygen atoms in total. The lowest BCUT2D eigenvalue weighted by Gasteiger charge is -2.17. The molecule has 1 heterocycles. The summed E-state index contributed by atoms with van der Waals surface area (Å²) >= 11 is 0. The summed E-state index contributed by atoms with van der Waals surface area (Å²) in [6.45, 7) is 8.64. The molecule has 0 radical (unpaired) electrons. The number of carbonyl (C=O) groups is 1. The van der Waals surface area contributed by atoms with E-state index in [0.29, 0.717) is 0 Å². The summed E-state index contributed by atoms with van der Waals surface area (Å²) in [5.74, 6) is 0.196. The summed E-state index contributed by atoms with van der Waals surface area (Å²) in [6, 6.07) is 5.90. The normalized spacial score (nSPS) is 14.7. The second-order valence-electron chi connectivity index (χ2n) is 6.10. The zero-order valence-electron chi connectivity index (χ0n) is 13.9. The average molecular weight is 304 g/mol. The van der Waals surface area contributed by atoms with Crippen LogP contribution in [0.3, 0.4) is 0 Å². The number of Topliss-reactive ketones (excluding diaryl/α,β-unsaturated/α-hetero) is 1. The first-order valence-electron chi connectivity index (χ1n) is 8.37. The Morgan fingerprint density at radius 1 is 1.41 bits per heavy atom. The lowest BCUT2D eigenvalue weighted by molar-refractivity contribution is 0.0757. The highest BCUT2D eigenvalue weighted by molar-refractivity contribution is 6.00. The van der Waals surface area contributed by atoms with Crippen LogP contribution in [0.15, 0.2) is 18.2 Å². The number of ether oxygens (including phenoxy) is 1. The van der Waals surface area contributed by atoms with Gasteiger partial charge in [0.1, 0.15) is 0 Å². The smallest absolute Gasteiger partial charge is 0.179 e. The number of fused-ring (bicyclic) bond motifs is 1. The van der Waals surface area contributed by atoms with Gasteiger partial charge in [-0.1, -0.05) is 6.92 Å². The number of anilines is 1. The number of rotatable bonds is 9. The van der Waals surface area contributed by atoms with Gasteiger partial charge in [0.25, 0.3) is 0 Å². The van der Waals surface area contributed by atoms with Gasteiger partial charge in [0.2, 0.25) is 0 Å². The molecular formula is C18H28N2O2. The highest BCUT2D eigenvalue weighted by Gasteiger charge is 2.19. The van der Waals surface area contributed by atoms with Crippen LogP contribution in [0.5, 0.6) is 0 Å². The molecule has 1 unspecified atom stereocenters. The van der Waals surface area contributed by atoms with Crippen molar-refractivity contribution in [1.82, 2.24) is 5.32 Å². The van der Waals surface area contributed by atoms with Crippen LogP contribution < -0.4 is 10.6 Å². The zero-order chi connectivity index (χ0) is 15.9. The number of ketones is 1. The van der Waals surface area contributed by atoms with E-state index in [0.717, 1.165) is 44.5 Å². The topological polar surface area (TPSA) is 50.4 Å². The fourth-order valence-corrected chi connectivity index (χ4v) is 2.75. The van der Waals surface area contributed by atoms with Crippen LogP contribution in [-0.2, 0) is 11.2 Å². The molecule has 22 heavy (non-hydrogen) atoms. The Labute approximate surface area is 133 Å². The second-order valence-corrected chi connectivity index (χ2v) is 6.10. The van der Waals surface area contributed by atoms with E-state index < -0.39 is 0 Å². The fourth-order valence-electron chi connectivity index (χ4n) is 2.75. The Bertz CT molecular complexity index is 500. The van der Waals surface area contributed by atoms with E-state index in [9.17, 15) is 4.79 Å². The van der Waals surface area contributed by atoms with Crippen LogP contribution >= 0.6 is 0 Å². The summed E-state index contributed by atoms with van der Waals surface area (Å²) in [6.07, 6.45) is 3.01. The van der Waals surface area contributed by atoms with E-state index in [4.69, 9.17) is 4.74 Å². The SMILES string of the molecule is CCC(NCCCOC(C)C)C(=O)c1ccc2c(c1)CCN2. The summed E-state index contributed by atoms with van der Waals surface area (Å²) < 4.78 is 5.52. The highest BCUT2D eigenvalue weighted by Crippen LogP contribution is 2.23. The van der Waals surface area contributed by atoms with E-state index in [-0.39, 0.29) is 17.9 Å². The predicted molar refractivity (Wildman–Crippen MR) is 90.8 cm³/mol. The number of nitrogens with one attached hydrogen (secondary N) is 2. The van der Waals surface area contributed by atoms with Crippen molar-refractivity contribution >= 4 is 11.5 Å². The molecule has 1 aromatic carbocycles. The van der Waals surface area contributed by atoms with Gasteiger partial charge in [0, 0.05) is 24.4 Å². The summed E-state index contributed by atoms with van der Waals surface area (Å²) in [4.78, 5) is 12.6. The van der Waals surface area contributed by atoms with Crippen molar-refractivity contribution in [3.05, 3.63) is 29.3 Å². The third-order valence-corrected chi connectivity index (χ3v) is 3.99. The van der Waals surface area contributed by atoms with Gasteiger partial charge in [-0.25, -0.2) is 0 Å². The van der Waals surface area contributed by atoms with E-state index in [1.807, 2.05) is 32.0 Å². The van der Waals surface area contributed by atoms with Gasteiger partial charge in [0.05, 0.1) is 12.1 Å². The van der Waals surface area contributed by atoms with Crippen molar-refractivity contribution in [3.63, 3.8) is 0 Å². The average Bonchev–Trinajstić information content (AvgIpc) is 2.97. The molecular weight excluding hydrogens is 276 g/mol. The minimum absolute atomic E-state index is 0.105. The van der Waals surface area contributed by atoms with Gasteiger partial charge in [-0.3, -0.25) is 4.79 Å². The van der Waals surface area contributed by atoms with Crippen LogP contribution in [0.2, 0.25) is 0 Å². The van der Waals surface area contributed by atoms with Crippen LogP contribution in [0.4, 0.5) is 5.69 Å². The minimum atomic E-state index is -0.105. The molecule has 0 saturated heterocycles. The molecule has 0 aliphatic carbocycles. The Balaban J connectivity index is 1.86. The van der Waals surface area contributed by atoms with Crippen molar-refractivity contribution in [2.75, 3.05) is 25.0 Å². The maximum absolute atomic E-state index is 12.6. The maximum Gasteiger partial charge on any atom is 0.179 e. The van der Waals surface area contributed by atoms with Crippen LogP contribution in [0, 0.1) is 0 Å². The molecule has 0 fully saturated rings. The molecule has 1 aromatic rings. The van der Waals surface area contributed by atoms with Gasteiger partial charge in [-0.05, 0) is 63.4 Å². The van der Waals surface area contributed by atoms with Crippen molar-refractivity contribution in [2.24, 2.45) is 0 Å².